The predicted octanol–water partition coefficient (Wildman–Crippen LogP) is 2.65. The smallest absolute Gasteiger partial charge is 0.194 e. The lowest BCUT2D eigenvalue weighted by Gasteiger charge is -2.19. The van der Waals surface area contributed by atoms with Gasteiger partial charge in [-0.25, -0.2) is 13.2 Å². The molecular weight excluding hydrogens is 217 g/mol. The summed E-state index contributed by atoms with van der Waals surface area (Å²) in [6.07, 6.45) is 0.540. The van der Waals surface area contributed by atoms with E-state index < -0.39 is 23.5 Å². The average Bonchev–Trinajstić information content (AvgIpc) is 2.23. The first-order valence-corrected chi connectivity index (χ1v) is 5.06. The molecule has 3 N–H and O–H groups in total. The Hall–Kier alpha value is -1.07. The van der Waals surface area contributed by atoms with Crippen molar-refractivity contribution in [1.29, 1.82) is 0 Å². The van der Waals surface area contributed by atoms with Crippen molar-refractivity contribution in [2.45, 2.75) is 26.3 Å². The molecule has 16 heavy (non-hydrogen) atoms. The van der Waals surface area contributed by atoms with Crippen molar-refractivity contribution in [3.05, 3.63) is 35.1 Å². The standard InChI is InChI=1S/C11H15F3N2/c1-6(2)5-9(16-15)7-3-4-8(12)11(14)10(7)13/h3-4,6,9,16H,5,15H2,1-2H3. The van der Waals surface area contributed by atoms with Crippen LogP contribution in [0.5, 0.6) is 0 Å². The minimum absolute atomic E-state index is 0.0510. The van der Waals surface area contributed by atoms with E-state index in [1.54, 1.807) is 0 Å². The molecule has 90 valence electrons. The number of halogens is 3. The molecule has 0 aromatic heterocycles. The second-order valence-electron chi connectivity index (χ2n) is 4.11. The van der Waals surface area contributed by atoms with Gasteiger partial charge < -0.3 is 0 Å². The summed E-state index contributed by atoms with van der Waals surface area (Å²) in [5.41, 5.74) is 2.46. The number of benzene rings is 1. The Labute approximate surface area is 92.6 Å². The van der Waals surface area contributed by atoms with E-state index in [0.717, 1.165) is 6.07 Å². The minimum Gasteiger partial charge on any atom is -0.271 e. The molecule has 0 heterocycles. The van der Waals surface area contributed by atoms with Crippen molar-refractivity contribution in [1.82, 2.24) is 5.43 Å². The summed E-state index contributed by atoms with van der Waals surface area (Å²) in [6.45, 7) is 3.87. The maximum absolute atomic E-state index is 13.4. The Morgan fingerprint density at radius 1 is 1.19 bits per heavy atom. The lowest BCUT2D eigenvalue weighted by atomic mass is 9.97. The van der Waals surface area contributed by atoms with E-state index in [1.165, 1.54) is 6.07 Å². The lowest BCUT2D eigenvalue weighted by molar-refractivity contribution is 0.396. The van der Waals surface area contributed by atoms with Gasteiger partial charge in [0.1, 0.15) is 0 Å². The van der Waals surface area contributed by atoms with Gasteiger partial charge in [-0.2, -0.15) is 0 Å². The Morgan fingerprint density at radius 2 is 1.81 bits per heavy atom. The van der Waals surface area contributed by atoms with Crippen LogP contribution in [0.3, 0.4) is 0 Å². The molecule has 1 atom stereocenters. The molecule has 0 saturated carbocycles. The number of nitrogens with one attached hydrogen (secondary N) is 1. The van der Waals surface area contributed by atoms with Crippen molar-refractivity contribution in [2.24, 2.45) is 11.8 Å². The average molecular weight is 232 g/mol. The van der Waals surface area contributed by atoms with E-state index in [1.807, 2.05) is 13.8 Å². The summed E-state index contributed by atoms with van der Waals surface area (Å²) in [7, 11) is 0. The third-order valence-corrected chi connectivity index (χ3v) is 2.35. The van der Waals surface area contributed by atoms with Gasteiger partial charge in [-0.1, -0.05) is 19.9 Å². The Bertz CT molecular complexity index is 366. The zero-order valence-corrected chi connectivity index (χ0v) is 9.23. The molecule has 1 aromatic carbocycles. The molecule has 0 aliphatic heterocycles. The molecule has 5 heteroatoms. The molecule has 0 aliphatic rings. The summed E-state index contributed by atoms with van der Waals surface area (Å²) < 4.78 is 39.2. The highest BCUT2D eigenvalue weighted by atomic mass is 19.2. The van der Waals surface area contributed by atoms with Gasteiger partial charge in [0.25, 0.3) is 0 Å². The van der Waals surface area contributed by atoms with Crippen LogP contribution in [0, 0.1) is 23.4 Å². The first-order valence-electron chi connectivity index (χ1n) is 5.06. The summed E-state index contributed by atoms with van der Waals surface area (Å²) in [4.78, 5) is 0. The fraction of sp³-hybridized carbons (Fsp3) is 0.455. The predicted molar refractivity (Wildman–Crippen MR) is 55.8 cm³/mol. The number of hydrogen-bond acceptors (Lipinski definition) is 2. The number of hydrogen-bond donors (Lipinski definition) is 2. The normalized spacial score (nSPS) is 13.2. The fourth-order valence-corrected chi connectivity index (χ4v) is 1.57. The SMILES string of the molecule is CC(C)CC(NN)c1ccc(F)c(F)c1F. The topological polar surface area (TPSA) is 38.0 Å². The third-order valence-electron chi connectivity index (χ3n) is 2.35. The highest BCUT2D eigenvalue weighted by Gasteiger charge is 2.20. The van der Waals surface area contributed by atoms with Gasteiger partial charge in [0.15, 0.2) is 17.5 Å². The van der Waals surface area contributed by atoms with E-state index in [9.17, 15) is 13.2 Å². The first-order chi connectivity index (χ1) is 7.47. The second kappa shape index (κ2) is 5.32. The van der Waals surface area contributed by atoms with Crippen LogP contribution < -0.4 is 11.3 Å². The van der Waals surface area contributed by atoms with Crippen LogP contribution in [0.2, 0.25) is 0 Å². The molecule has 1 rings (SSSR count). The Morgan fingerprint density at radius 3 is 2.31 bits per heavy atom. The third kappa shape index (κ3) is 2.74. The molecule has 1 aromatic rings. The molecule has 0 bridgehead atoms. The lowest BCUT2D eigenvalue weighted by Crippen LogP contribution is -2.30. The molecule has 0 spiro atoms. The highest BCUT2D eigenvalue weighted by molar-refractivity contribution is 5.23. The molecular formula is C11H15F3N2. The van der Waals surface area contributed by atoms with Crippen molar-refractivity contribution in [3.63, 3.8) is 0 Å². The van der Waals surface area contributed by atoms with Gasteiger partial charge in [-0.15, -0.1) is 0 Å². The van der Waals surface area contributed by atoms with Crippen LogP contribution in [0.4, 0.5) is 13.2 Å². The van der Waals surface area contributed by atoms with Gasteiger partial charge in [0.2, 0.25) is 0 Å². The molecule has 2 nitrogen and oxygen atoms in total. The van der Waals surface area contributed by atoms with Crippen molar-refractivity contribution < 1.29 is 13.2 Å². The first kappa shape index (κ1) is 13.0. The molecule has 0 amide bonds. The summed E-state index contributed by atoms with van der Waals surface area (Å²) in [6, 6.07) is 1.59. The van der Waals surface area contributed by atoms with Crippen LogP contribution in [0.1, 0.15) is 31.9 Å². The molecule has 0 saturated heterocycles. The summed E-state index contributed by atoms with van der Waals surface area (Å²) >= 11 is 0. The fourth-order valence-electron chi connectivity index (χ4n) is 1.57. The van der Waals surface area contributed by atoms with E-state index in [0.29, 0.717) is 6.42 Å². The summed E-state index contributed by atoms with van der Waals surface area (Å²) in [5.74, 6) is 1.71. The van der Waals surface area contributed by atoms with E-state index >= 15 is 0 Å². The van der Waals surface area contributed by atoms with E-state index in [-0.39, 0.29) is 11.5 Å². The zero-order valence-electron chi connectivity index (χ0n) is 9.23. The molecule has 1 unspecified atom stereocenters. The van der Waals surface area contributed by atoms with Crippen LogP contribution in [0.15, 0.2) is 12.1 Å². The number of nitrogens with two attached hydrogens (primary N) is 1. The minimum atomic E-state index is -1.46. The van der Waals surface area contributed by atoms with Crippen LogP contribution >= 0.6 is 0 Å². The van der Waals surface area contributed by atoms with Gasteiger partial charge in [0, 0.05) is 11.6 Å². The molecule has 0 radical (unpaired) electrons. The quantitative estimate of drug-likeness (QED) is 0.476. The van der Waals surface area contributed by atoms with Crippen LogP contribution in [0.25, 0.3) is 0 Å². The van der Waals surface area contributed by atoms with Gasteiger partial charge >= 0.3 is 0 Å². The largest absolute Gasteiger partial charge is 0.271 e. The van der Waals surface area contributed by atoms with Crippen LogP contribution in [-0.4, -0.2) is 0 Å². The molecule has 0 fully saturated rings. The number of hydrazine groups is 1. The van der Waals surface area contributed by atoms with Crippen LogP contribution in [-0.2, 0) is 0 Å². The number of rotatable bonds is 4. The monoisotopic (exact) mass is 232 g/mol. The summed E-state index contributed by atoms with van der Waals surface area (Å²) in [5, 5.41) is 0. The van der Waals surface area contributed by atoms with Crippen molar-refractivity contribution in [2.75, 3.05) is 0 Å². The molecule has 0 aliphatic carbocycles. The van der Waals surface area contributed by atoms with Gasteiger partial charge in [-0.3, -0.25) is 11.3 Å². The van der Waals surface area contributed by atoms with Crippen molar-refractivity contribution in [3.8, 4) is 0 Å². The zero-order chi connectivity index (χ0) is 12.3. The van der Waals surface area contributed by atoms with Gasteiger partial charge in [0.05, 0.1) is 0 Å². The Balaban J connectivity index is 3.06. The van der Waals surface area contributed by atoms with Crippen molar-refractivity contribution >= 4 is 0 Å². The van der Waals surface area contributed by atoms with Gasteiger partial charge in [-0.05, 0) is 18.4 Å². The second-order valence-corrected chi connectivity index (χ2v) is 4.11. The van der Waals surface area contributed by atoms with E-state index in [4.69, 9.17) is 5.84 Å². The maximum atomic E-state index is 13.4. The highest BCUT2D eigenvalue weighted by Crippen LogP contribution is 2.25. The maximum Gasteiger partial charge on any atom is 0.194 e. The van der Waals surface area contributed by atoms with E-state index in [2.05, 4.69) is 5.43 Å². The Kier molecular flexibility index (Phi) is 4.32.